The fourth-order valence-corrected chi connectivity index (χ4v) is 3.27. The van der Waals surface area contributed by atoms with Crippen molar-refractivity contribution in [3.8, 4) is 0 Å². The van der Waals surface area contributed by atoms with Gasteiger partial charge in [0.1, 0.15) is 0 Å². The normalized spacial score (nSPS) is 22.1. The first-order valence-corrected chi connectivity index (χ1v) is 7.78. The number of hydrogen-bond acceptors (Lipinski definition) is 4. The third-order valence-electron chi connectivity index (χ3n) is 3.94. The Morgan fingerprint density at radius 1 is 1.19 bits per heavy atom. The van der Waals surface area contributed by atoms with Gasteiger partial charge in [0.05, 0.1) is 5.92 Å². The van der Waals surface area contributed by atoms with Gasteiger partial charge in [-0.2, -0.15) is 0 Å². The van der Waals surface area contributed by atoms with Crippen LogP contribution >= 0.6 is 11.3 Å². The number of hydrogen-bond donors (Lipinski definition) is 0. The summed E-state index contributed by atoms with van der Waals surface area (Å²) in [6.07, 6.45) is 2.20. The van der Waals surface area contributed by atoms with Gasteiger partial charge in [0.2, 0.25) is 11.8 Å². The molecule has 21 heavy (non-hydrogen) atoms. The summed E-state index contributed by atoms with van der Waals surface area (Å²) in [5, 5.41) is 2.25. The molecule has 0 spiro atoms. The van der Waals surface area contributed by atoms with Crippen LogP contribution in [0, 0.1) is 18.8 Å². The molecule has 0 radical (unpaired) electrons. The number of nitrogens with zero attached hydrogens (tertiary/aromatic N) is 2. The molecule has 2 amide bonds. The summed E-state index contributed by atoms with van der Waals surface area (Å²) >= 11 is 1.31. The lowest BCUT2D eigenvalue weighted by Gasteiger charge is -2.12. The predicted molar refractivity (Wildman–Crippen MR) is 82.1 cm³/mol. The quantitative estimate of drug-likeness (QED) is 0.819. The Bertz CT molecular complexity index is 664. The lowest BCUT2D eigenvalue weighted by atomic mass is 9.90. The molecule has 1 saturated heterocycles. The van der Waals surface area contributed by atoms with Crippen molar-refractivity contribution in [2.75, 3.05) is 4.90 Å². The van der Waals surface area contributed by atoms with Crippen molar-refractivity contribution >= 4 is 28.3 Å². The molecule has 0 bridgehead atoms. The molecule has 1 fully saturated rings. The Morgan fingerprint density at radius 3 is 2.52 bits per heavy atom. The van der Waals surface area contributed by atoms with Gasteiger partial charge in [-0.05, 0) is 18.9 Å². The summed E-state index contributed by atoms with van der Waals surface area (Å²) in [6.45, 7) is 3.85. The topological polar surface area (TPSA) is 50.3 Å². The lowest BCUT2D eigenvalue weighted by molar-refractivity contribution is -0.122. The van der Waals surface area contributed by atoms with E-state index in [1.165, 1.54) is 21.8 Å². The molecule has 0 aliphatic carbocycles. The van der Waals surface area contributed by atoms with Crippen molar-refractivity contribution in [3.05, 3.63) is 47.0 Å². The molecule has 3 rings (SSSR count). The van der Waals surface area contributed by atoms with E-state index >= 15 is 0 Å². The van der Waals surface area contributed by atoms with E-state index in [0.717, 1.165) is 5.56 Å². The molecule has 0 unspecified atom stereocenters. The first-order chi connectivity index (χ1) is 10.1. The average Bonchev–Trinajstić information content (AvgIpc) is 3.05. The fourth-order valence-electron chi connectivity index (χ4n) is 2.62. The molecule has 108 valence electrons. The monoisotopic (exact) mass is 300 g/mol. The van der Waals surface area contributed by atoms with E-state index in [-0.39, 0.29) is 23.7 Å². The van der Waals surface area contributed by atoms with Crippen LogP contribution in [0.5, 0.6) is 0 Å². The van der Waals surface area contributed by atoms with Crippen molar-refractivity contribution in [2.24, 2.45) is 11.8 Å². The largest absolute Gasteiger partial charge is 0.274 e. The SMILES string of the molecule is Cc1ccc(C[C@H]2C(=O)N(c3nccs3)C(=O)[C@@H]2C)cc1. The number of aromatic nitrogens is 1. The number of thiazole rings is 1. The van der Waals surface area contributed by atoms with Crippen LogP contribution in [-0.2, 0) is 16.0 Å². The molecule has 5 heteroatoms. The van der Waals surface area contributed by atoms with Gasteiger partial charge < -0.3 is 0 Å². The second kappa shape index (κ2) is 5.41. The van der Waals surface area contributed by atoms with Crippen molar-refractivity contribution in [1.29, 1.82) is 0 Å². The van der Waals surface area contributed by atoms with E-state index in [1.54, 1.807) is 11.6 Å². The van der Waals surface area contributed by atoms with Gasteiger partial charge in [-0.25, -0.2) is 9.88 Å². The first kappa shape index (κ1) is 13.9. The molecule has 1 aromatic heterocycles. The molecule has 2 heterocycles. The number of carbonyl (C=O) groups is 2. The second-order valence-electron chi connectivity index (χ2n) is 5.41. The Labute approximate surface area is 127 Å². The molecular formula is C16H16N2O2S. The smallest absolute Gasteiger partial charge is 0.239 e. The summed E-state index contributed by atoms with van der Waals surface area (Å²) in [4.78, 5) is 30.2. The number of imide groups is 1. The minimum absolute atomic E-state index is 0.136. The average molecular weight is 300 g/mol. The van der Waals surface area contributed by atoms with Gasteiger partial charge in [-0.1, -0.05) is 36.8 Å². The standard InChI is InChI=1S/C16H16N2O2S/c1-10-3-5-12(6-4-10)9-13-11(2)14(19)18(15(13)20)16-17-7-8-21-16/h3-8,11,13H,9H2,1-2H3/t11-,13-/m1/s1. The Balaban J connectivity index is 1.85. The van der Waals surface area contributed by atoms with E-state index in [2.05, 4.69) is 4.98 Å². The van der Waals surface area contributed by atoms with Crippen LogP contribution in [0.15, 0.2) is 35.8 Å². The summed E-state index contributed by atoms with van der Waals surface area (Å²) in [5.41, 5.74) is 2.27. The maximum atomic E-state index is 12.6. The van der Waals surface area contributed by atoms with Crippen LogP contribution in [0.3, 0.4) is 0 Å². The molecular weight excluding hydrogens is 284 g/mol. The van der Waals surface area contributed by atoms with Crippen molar-refractivity contribution in [1.82, 2.24) is 4.98 Å². The van der Waals surface area contributed by atoms with Crippen LogP contribution in [0.2, 0.25) is 0 Å². The number of carbonyl (C=O) groups excluding carboxylic acids is 2. The number of amides is 2. The maximum Gasteiger partial charge on any atom is 0.239 e. The highest BCUT2D eigenvalue weighted by molar-refractivity contribution is 7.14. The first-order valence-electron chi connectivity index (χ1n) is 6.91. The van der Waals surface area contributed by atoms with E-state index in [0.29, 0.717) is 11.6 Å². The predicted octanol–water partition coefficient (Wildman–Crippen LogP) is 2.82. The summed E-state index contributed by atoms with van der Waals surface area (Å²) < 4.78 is 0. The number of aryl methyl sites for hydroxylation is 1. The van der Waals surface area contributed by atoms with Gasteiger partial charge in [0.25, 0.3) is 0 Å². The van der Waals surface area contributed by atoms with Crippen molar-refractivity contribution in [2.45, 2.75) is 20.3 Å². The second-order valence-corrected chi connectivity index (χ2v) is 6.28. The number of rotatable bonds is 3. The van der Waals surface area contributed by atoms with Crippen molar-refractivity contribution in [3.63, 3.8) is 0 Å². The van der Waals surface area contributed by atoms with Crippen LogP contribution in [0.1, 0.15) is 18.1 Å². The third-order valence-corrected chi connectivity index (χ3v) is 4.69. The fraction of sp³-hybridized carbons (Fsp3) is 0.312. The molecule has 1 aliphatic heterocycles. The van der Waals surface area contributed by atoms with Gasteiger partial charge in [-0.3, -0.25) is 9.59 Å². The maximum absolute atomic E-state index is 12.6. The summed E-state index contributed by atoms with van der Waals surface area (Å²) in [7, 11) is 0. The van der Waals surface area contributed by atoms with E-state index in [4.69, 9.17) is 0 Å². The minimum atomic E-state index is -0.303. The van der Waals surface area contributed by atoms with Crippen molar-refractivity contribution < 1.29 is 9.59 Å². The highest BCUT2D eigenvalue weighted by atomic mass is 32.1. The van der Waals surface area contributed by atoms with Gasteiger partial charge in [0, 0.05) is 17.5 Å². The molecule has 2 atom stereocenters. The zero-order chi connectivity index (χ0) is 15.0. The highest BCUT2D eigenvalue weighted by Crippen LogP contribution is 2.33. The van der Waals surface area contributed by atoms with Crippen LogP contribution < -0.4 is 4.90 Å². The van der Waals surface area contributed by atoms with Gasteiger partial charge >= 0.3 is 0 Å². The summed E-state index contributed by atoms with van der Waals surface area (Å²) in [6, 6.07) is 8.09. The Morgan fingerprint density at radius 2 is 1.90 bits per heavy atom. The Hall–Kier alpha value is -2.01. The molecule has 0 saturated carbocycles. The van der Waals surface area contributed by atoms with Crippen LogP contribution in [-0.4, -0.2) is 16.8 Å². The molecule has 0 N–H and O–H groups in total. The molecule has 2 aromatic rings. The molecule has 1 aromatic carbocycles. The summed E-state index contributed by atoms with van der Waals surface area (Å²) in [5.74, 6) is -0.887. The third kappa shape index (κ3) is 2.49. The van der Waals surface area contributed by atoms with Gasteiger partial charge in [0.15, 0.2) is 5.13 Å². The molecule has 1 aliphatic rings. The minimum Gasteiger partial charge on any atom is -0.274 e. The van der Waals surface area contributed by atoms with Gasteiger partial charge in [-0.15, -0.1) is 11.3 Å². The molecule has 4 nitrogen and oxygen atoms in total. The highest BCUT2D eigenvalue weighted by Gasteiger charge is 2.46. The van der Waals surface area contributed by atoms with Crippen LogP contribution in [0.4, 0.5) is 5.13 Å². The Kier molecular flexibility index (Phi) is 3.59. The zero-order valence-electron chi connectivity index (χ0n) is 11.9. The zero-order valence-corrected chi connectivity index (χ0v) is 12.8. The number of benzene rings is 1. The lowest BCUT2D eigenvalue weighted by Crippen LogP contribution is -2.30. The van der Waals surface area contributed by atoms with E-state index in [1.807, 2.05) is 38.1 Å². The van der Waals surface area contributed by atoms with E-state index in [9.17, 15) is 9.59 Å². The van der Waals surface area contributed by atoms with Crippen LogP contribution in [0.25, 0.3) is 0 Å². The number of anilines is 1. The van der Waals surface area contributed by atoms with E-state index < -0.39 is 0 Å².